The lowest BCUT2D eigenvalue weighted by Crippen LogP contribution is -2.19. The quantitative estimate of drug-likeness (QED) is 0.560. The van der Waals surface area contributed by atoms with Crippen molar-refractivity contribution in [2.24, 2.45) is 0 Å². The van der Waals surface area contributed by atoms with E-state index < -0.39 is 82.9 Å². The summed E-state index contributed by atoms with van der Waals surface area (Å²) in [5, 5.41) is 10.8. The highest BCUT2D eigenvalue weighted by Gasteiger charge is 2.30. The molecule has 0 heterocycles. The highest BCUT2D eigenvalue weighted by Crippen LogP contribution is 2.36. The third kappa shape index (κ3) is 3.67. The fourth-order valence-corrected chi connectivity index (χ4v) is 2.93. The molecule has 0 aromatic heterocycles. The van der Waals surface area contributed by atoms with Crippen LogP contribution in [0.1, 0.15) is 27.5 Å². The van der Waals surface area contributed by atoms with Gasteiger partial charge in [0.15, 0.2) is 23.3 Å². The maximum Gasteiger partial charge on any atom is 0.332 e. The van der Waals surface area contributed by atoms with Gasteiger partial charge in [0.05, 0.1) is 20.8 Å². The summed E-state index contributed by atoms with van der Waals surface area (Å²) in [5.41, 5.74) is -4.85. The Morgan fingerprint density at radius 1 is 1.10 bits per heavy atom. The van der Waals surface area contributed by atoms with Crippen molar-refractivity contribution in [3.8, 4) is 16.9 Å². The zero-order valence-electron chi connectivity index (χ0n) is 20.4. The van der Waals surface area contributed by atoms with Gasteiger partial charge in [0.1, 0.15) is 11.4 Å². The van der Waals surface area contributed by atoms with Gasteiger partial charge < -0.3 is 15.2 Å². The molecule has 2 aromatic carbocycles. The Morgan fingerprint density at radius 3 is 2.38 bits per heavy atom. The fraction of sp³-hybridized carbons (Fsp3) is 0.200. The van der Waals surface area contributed by atoms with Crippen LogP contribution >= 0.6 is 0 Å². The number of hydrogen-bond donors (Lipinski definition) is 2. The molecule has 0 bridgehead atoms. The number of aliphatic carboxylic acids is 1. The lowest BCUT2D eigenvalue weighted by Gasteiger charge is -2.14. The first-order chi connectivity index (χ1) is 16.2. The summed E-state index contributed by atoms with van der Waals surface area (Å²) in [4.78, 5) is 23.6. The molecule has 2 N–H and O–H groups in total. The molecule has 1 amide bonds. The molecule has 0 atom stereocenters. The second-order valence-corrected chi connectivity index (χ2v) is 5.94. The van der Waals surface area contributed by atoms with E-state index in [9.17, 15) is 27.2 Å². The number of benzene rings is 2. The Labute approximate surface area is 171 Å². The van der Waals surface area contributed by atoms with Gasteiger partial charge in [-0.25, -0.2) is 22.4 Å². The van der Waals surface area contributed by atoms with E-state index in [1.807, 2.05) is 0 Å². The van der Waals surface area contributed by atoms with E-state index in [2.05, 4.69) is 4.74 Å². The first kappa shape index (κ1) is 13.8. The van der Waals surface area contributed by atoms with Crippen LogP contribution in [0.15, 0.2) is 35.3 Å². The number of ether oxygens (including phenoxy) is 1. The molecule has 152 valence electrons. The molecule has 29 heavy (non-hydrogen) atoms. The van der Waals surface area contributed by atoms with E-state index in [-0.39, 0.29) is 30.4 Å². The van der Waals surface area contributed by atoms with E-state index >= 15 is 0 Å². The molecule has 1 aliphatic rings. The van der Waals surface area contributed by atoms with Crippen LogP contribution in [-0.4, -0.2) is 24.0 Å². The van der Waals surface area contributed by atoms with E-state index in [4.69, 9.17) is 13.3 Å². The Kier molecular flexibility index (Phi) is 3.77. The van der Waals surface area contributed by atoms with Crippen LogP contribution in [0, 0.1) is 23.3 Å². The summed E-state index contributed by atoms with van der Waals surface area (Å²) in [5.74, 6) is -12.2. The summed E-state index contributed by atoms with van der Waals surface area (Å²) in [6.07, 6.45) is 0.230. The second-order valence-electron chi connectivity index (χ2n) is 5.94. The number of anilines is 1. The molecule has 0 aliphatic heterocycles. The SMILES string of the molecule is [2H]c1cc([2H])c(-c2c(F)c(F)c(NC(=O)C3=C(C(=O)O)CCC3)c(F)c2F)c([2H])c1OC([2H])([2H])[2H]. The summed E-state index contributed by atoms with van der Waals surface area (Å²) in [6, 6.07) is -2.36. The van der Waals surface area contributed by atoms with Gasteiger partial charge in [-0.2, -0.15) is 0 Å². The highest BCUT2D eigenvalue weighted by atomic mass is 19.2. The summed E-state index contributed by atoms with van der Waals surface area (Å²) < 4.78 is 109. The molecule has 5 nitrogen and oxygen atoms in total. The number of methoxy groups -OCH3 is 1. The van der Waals surface area contributed by atoms with Crippen molar-refractivity contribution in [2.75, 3.05) is 12.4 Å². The highest BCUT2D eigenvalue weighted by molar-refractivity contribution is 6.09. The number of carbonyl (C=O) groups excluding carboxylic acids is 1. The van der Waals surface area contributed by atoms with Gasteiger partial charge >= 0.3 is 5.97 Å². The predicted octanol–water partition coefficient (Wildman–Crippen LogP) is 4.42. The Morgan fingerprint density at radius 2 is 1.76 bits per heavy atom. The van der Waals surface area contributed by atoms with Crippen molar-refractivity contribution < 1.29 is 45.2 Å². The van der Waals surface area contributed by atoms with Gasteiger partial charge in [-0.15, -0.1) is 0 Å². The minimum absolute atomic E-state index is 0.00983. The molecule has 2 aromatic rings. The van der Waals surface area contributed by atoms with Crippen LogP contribution in [0.2, 0.25) is 0 Å². The normalized spacial score (nSPS) is 17.0. The smallest absolute Gasteiger partial charge is 0.332 e. The van der Waals surface area contributed by atoms with Crippen LogP contribution in [-0.2, 0) is 9.59 Å². The summed E-state index contributed by atoms with van der Waals surface area (Å²) in [7, 11) is -3.20. The first-order valence-electron chi connectivity index (χ1n) is 11.1. The monoisotopic (exact) mass is 415 g/mol. The molecule has 0 spiro atoms. The molecule has 0 radical (unpaired) electrons. The van der Waals surface area contributed by atoms with Crippen molar-refractivity contribution in [3.63, 3.8) is 0 Å². The Balaban J connectivity index is 2.17. The summed E-state index contributed by atoms with van der Waals surface area (Å²) >= 11 is 0. The van der Waals surface area contributed by atoms with E-state index in [1.54, 1.807) is 5.32 Å². The van der Waals surface area contributed by atoms with Crippen molar-refractivity contribution in [2.45, 2.75) is 19.3 Å². The molecule has 9 heteroatoms. The van der Waals surface area contributed by atoms with Crippen LogP contribution < -0.4 is 10.1 Å². The van der Waals surface area contributed by atoms with Crippen LogP contribution in [0.5, 0.6) is 5.75 Å². The van der Waals surface area contributed by atoms with Crippen LogP contribution in [0.25, 0.3) is 11.1 Å². The molecule has 0 saturated carbocycles. The molecular weight excluding hydrogens is 394 g/mol. The fourth-order valence-electron chi connectivity index (χ4n) is 2.93. The largest absolute Gasteiger partial charge is 0.497 e. The zero-order chi connectivity index (χ0) is 26.4. The number of carbonyl (C=O) groups is 2. The summed E-state index contributed by atoms with van der Waals surface area (Å²) in [6.45, 7) is 0. The van der Waals surface area contributed by atoms with Gasteiger partial charge in [0.25, 0.3) is 5.91 Å². The number of nitrogens with one attached hydrogen (secondary N) is 1. The average Bonchev–Trinajstić information content (AvgIpc) is 3.25. The molecule has 1 aliphatic carbocycles. The third-order valence-electron chi connectivity index (χ3n) is 4.26. The number of hydrogen-bond acceptors (Lipinski definition) is 3. The molecule has 0 saturated heterocycles. The van der Waals surface area contributed by atoms with Crippen molar-refractivity contribution in [1.29, 1.82) is 0 Å². The average molecular weight is 415 g/mol. The van der Waals surface area contributed by atoms with Crippen molar-refractivity contribution in [1.82, 2.24) is 0 Å². The number of carboxylic acid groups (broad SMARTS) is 1. The van der Waals surface area contributed by atoms with E-state index in [0.29, 0.717) is 6.07 Å². The van der Waals surface area contributed by atoms with Crippen LogP contribution in [0.4, 0.5) is 23.2 Å². The predicted molar refractivity (Wildman–Crippen MR) is 95.4 cm³/mol. The number of rotatable bonds is 5. The van der Waals surface area contributed by atoms with Gasteiger partial charge in [-0.05, 0) is 36.9 Å². The van der Waals surface area contributed by atoms with Gasteiger partial charge in [0, 0.05) is 11.1 Å². The van der Waals surface area contributed by atoms with Crippen LogP contribution in [0.3, 0.4) is 0 Å². The maximum atomic E-state index is 14.9. The maximum absolute atomic E-state index is 14.9. The molecular formula is C20H15F4NO4. The topological polar surface area (TPSA) is 75.6 Å². The molecule has 0 fully saturated rings. The Hall–Kier alpha value is -3.36. The molecule has 3 rings (SSSR count). The number of amides is 1. The van der Waals surface area contributed by atoms with E-state index in [0.717, 1.165) is 0 Å². The van der Waals surface area contributed by atoms with Crippen molar-refractivity contribution in [3.05, 3.63) is 58.6 Å². The number of halogens is 4. The number of carboxylic acids is 1. The third-order valence-corrected chi connectivity index (χ3v) is 4.26. The van der Waals surface area contributed by atoms with Gasteiger partial charge in [-0.3, -0.25) is 4.79 Å². The van der Waals surface area contributed by atoms with E-state index in [1.165, 1.54) is 0 Å². The minimum atomic E-state index is -3.20. The van der Waals surface area contributed by atoms with Crippen molar-refractivity contribution >= 4 is 17.6 Å². The minimum Gasteiger partial charge on any atom is -0.497 e. The van der Waals surface area contributed by atoms with Gasteiger partial charge in [0.2, 0.25) is 0 Å². The lowest BCUT2D eigenvalue weighted by atomic mass is 10.0. The second kappa shape index (κ2) is 7.94. The standard InChI is InChI=1S/C20H15F4NO4/c1-29-10-5-2-4-9(8-10)13-14(21)16(23)18(17(24)15(13)22)25-19(26)11-6-3-7-12(11)20(27)28/h2,4-5,8H,3,6-7H2,1H3,(H,25,26)(H,27,28)/i1D3,4D,5D,8D. The lowest BCUT2D eigenvalue weighted by molar-refractivity contribution is -0.133. The molecule has 0 unspecified atom stereocenters. The zero-order valence-corrected chi connectivity index (χ0v) is 14.4. The Bertz CT molecular complexity index is 1270. The first-order valence-corrected chi connectivity index (χ1v) is 8.08. The van der Waals surface area contributed by atoms with Gasteiger partial charge in [-0.1, -0.05) is 12.1 Å².